The van der Waals surface area contributed by atoms with Crippen molar-refractivity contribution in [1.82, 2.24) is 4.90 Å². The van der Waals surface area contributed by atoms with E-state index in [1.807, 2.05) is 6.92 Å². The van der Waals surface area contributed by atoms with Gasteiger partial charge in [-0.05, 0) is 33.7 Å². The molecule has 100 valence electrons. The molecule has 0 spiro atoms. The molecule has 0 aliphatic carbocycles. The van der Waals surface area contributed by atoms with Crippen LogP contribution in [0.25, 0.3) is 0 Å². The largest absolute Gasteiger partial charge is 0.463 e. The lowest BCUT2D eigenvalue weighted by atomic mass is 10.2. The summed E-state index contributed by atoms with van der Waals surface area (Å²) in [5.41, 5.74) is 0.553. The second-order valence-electron chi connectivity index (χ2n) is 4.60. The van der Waals surface area contributed by atoms with Crippen molar-refractivity contribution in [3.63, 3.8) is 0 Å². The molecular formula is C14H27NO2. The molecule has 0 aliphatic rings. The molecule has 0 atom stereocenters. The van der Waals surface area contributed by atoms with Crippen LogP contribution in [0.4, 0.5) is 0 Å². The van der Waals surface area contributed by atoms with Gasteiger partial charge in [0.1, 0.15) is 0 Å². The van der Waals surface area contributed by atoms with Gasteiger partial charge in [0.15, 0.2) is 0 Å². The lowest BCUT2D eigenvalue weighted by Gasteiger charge is -2.26. The fourth-order valence-electron chi connectivity index (χ4n) is 1.63. The van der Waals surface area contributed by atoms with E-state index in [0.717, 1.165) is 6.54 Å². The van der Waals surface area contributed by atoms with Crippen LogP contribution in [0.15, 0.2) is 12.2 Å². The number of carbonyl (C=O) groups is 1. The van der Waals surface area contributed by atoms with Crippen LogP contribution in [-0.2, 0) is 9.53 Å². The van der Waals surface area contributed by atoms with E-state index in [-0.39, 0.29) is 5.97 Å². The number of rotatable bonds is 9. The smallest absolute Gasteiger partial charge is 0.334 e. The van der Waals surface area contributed by atoms with Crippen molar-refractivity contribution in [2.75, 3.05) is 19.7 Å². The molecule has 0 aromatic carbocycles. The fraction of sp³-hybridized carbons (Fsp3) is 0.786. The zero-order valence-electron chi connectivity index (χ0n) is 11.8. The van der Waals surface area contributed by atoms with Crippen LogP contribution in [0.3, 0.4) is 0 Å². The van der Waals surface area contributed by atoms with Gasteiger partial charge < -0.3 is 4.74 Å². The molecule has 0 aliphatic heterocycles. The first-order valence-corrected chi connectivity index (χ1v) is 6.61. The quantitative estimate of drug-likeness (QED) is 0.353. The Balaban J connectivity index is 4.15. The summed E-state index contributed by atoms with van der Waals surface area (Å²) in [5, 5.41) is 0. The number of hydrogen-bond donors (Lipinski definition) is 0. The molecule has 0 aromatic heterocycles. The molecule has 3 heteroatoms. The summed E-state index contributed by atoms with van der Waals surface area (Å²) in [6, 6.07) is 0.429. The van der Waals surface area contributed by atoms with E-state index in [1.165, 1.54) is 19.3 Å². The van der Waals surface area contributed by atoms with Crippen molar-refractivity contribution in [2.24, 2.45) is 0 Å². The molecule has 0 fully saturated rings. The number of ether oxygens (including phenoxy) is 1. The highest BCUT2D eigenvalue weighted by Gasteiger charge is 2.15. The second-order valence-corrected chi connectivity index (χ2v) is 4.60. The summed E-state index contributed by atoms with van der Waals surface area (Å²) in [4.78, 5) is 13.8. The van der Waals surface area contributed by atoms with Gasteiger partial charge in [-0.25, -0.2) is 4.79 Å². The molecule has 0 rings (SSSR count). The van der Waals surface area contributed by atoms with Crippen molar-refractivity contribution < 1.29 is 9.53 Å². The first kappa shape index (κ1) is 16.2. The predicted octanol–water partition coefficient (Wildman–Crippen LogP) is 3.01. The maximum atomic E-state index is 11.5. The average Bonchev–Trinajstić information content (AvgIpc) is 2.27. The Bertz CT molecular complexity index is 236. The Hall–Kier alpha value is -0.830. The van der Waals surface area contributed by atoms with Gasteiger partial charge in [0.2, 0.25) is 0 Å². The van der Waals surface area contributed by atoms with Gasteiger partial charge in [0, 0.05) is 18.2 Å². The van der Waals surface area contributed by atoms with Crippen LogP contribution in [0.2, 0.25) is 0 Å². The molecule has 0 heterocycles. The normalized spacial score (nSPS) is 10.9. The van der Waals surface area contributed by atoms with Gasteiger partial charge in [-0.1, -0.05) is 26.3 Å². The molecule has 0 amide bonds. The van der Waals surface area contributed by atoms with Gasteiger partial charge in [0.25, 0.3) is 0 Å². The third-order valence-corrected chi connectivity index (χ3v) is 2.74. The number of carbonyl (C=O) groups excluding carboxylic acids is 1. The molecule has 0 radical (unpaired) electrons. The van der Waals surface area contributed by atoms with Crippen LogP contribution >= 0.6 is 0 Å². The first-order valence-electron chi connectivity index (χ1n) is 6.61. The van der Waals surface area contributed by atoms with Crippen molar-refractivity contribution in [3.8, 4) is 0 Å². The van der Waals surface area contributed by atoms with Gasteiger partial charge in [-0.2, -0.15) is 0 Å². The second kappa shape index (κ2) is 9.23. The van der Waals surface area contributed by atoms with Crippen LogP contribution in [0, 0.1) is 0 Å². The summed E-state index contributed by atoms with van der Waals surface area (Å²) >= 11 is 0. The zero-order valence-corrected chi connectivity index (χ0v) is 11.8. The van der Waals surface area contributed by atoms with E-state index in [1.54, 1.807) is 0 Å². The van der Waals surface area contributed by atoms with Gasteiger partial charge in [-0.3, -0.25) is 4.90 Å². The van der Waals surface area contributed by atoms with E-state index in [0.29, 0.717) is 24.8 Å². The minimum atomic E-state index is -0.270. The molecule has 0 N–H and O–H groups in total. The van der Waals surface area contributed by atoms with Crippen molar-refractivity contribution >= 4 is 5.97 Å². The average molecular weight is 241 g/mol. The third-order valence-electron chi connectivity index (χ3n) is 2.74. The Labute approximate surface area is 106 Å². The van der Waals surface area contributed by atoms with Crippen LogP contribution in [0.5, 0.6) is 0 Å². The number of esters is 1. The molecule has 17 heavy (non-hydrogen) atoms. The van der Waals surface area contributed by atoms with E-state index >= 15 is 0 Å². The van der Waals surface area contributed by atoms with Crippen molar-refractivity contribution in [1.29, 1.82) is 0 Å². The summed E-state index contributed by atoms with van der Waals surface area (Å²) in [7, 11) is 0. The van der Waals surface area contributed by atoms with Crippen LogP contribution in [-0.4, -0.2) is 36.6 Å². The van der Waals surface area contributed by atoms with Crippen molar-refractivity contribution in [3.05, 3.63) is 12.2 Å². The van der Waals surface area contributed by atoms with E-state index in [2.05, 4.69) is 32.3 Å². The Morgan fingerprint density at radius 3 is 2.41 bits per heavy atom. The third kappa shape index (κ3) is 7.16. The highest BCUT2D eigenvalue weighted by atomic mass is 16.5. The SMILES string of the molecule is C=C(CN(CCCCC)C(C)C)C(=O)OCC. The maximum absolute atomic E-state index is 11.5. The molecule has 0 aromatic rings. The zero-order chi connectivity index (χ0) is 13.3. The van der Waals surface area contributed by atoms with Crippen LogP contribution in [0.1, 0.15) is 47.0 Å². The standard InChI is InChI=1S/C14H27NO2/c1-6-8-9-10-15(12(3)4)11-13(5)14(16)17-7-2/h12H,5-11H2,1-4H3. The predicted molar refractivity (Wildman–Crippen MR) is 72.0 cm³/mol. The lowest BCUT2D eigenvalue weighted by molar-refractivity contribution is -0.138. The molecule has 0 unspecified atom stereocenters. The minimum Gasteiger partial charge on any atom is -0.463 e. The number of unbranched alkanes of at least 4 members (excludes halogenated alkanes) is 2. The topological polar surface area (TPSA) is 29.5 Å². The highest BCUT2D eigenvalue weighted by Crippen LogP contribution is 2.07. The van der Waals surface area contributed by atoms with Crippen molar-refractivity contribution in [2.45, 2.75) is 53.0 Å². The van der Waals surface area contributed by atoms with Gasteiger partial charge in [0.05, 0.1) is 6.61 Å². The first-order chi connectivity index (χ1) is 8.02. The molecule has 3 nitrogen and oxygen atoms in total. The Morgan fingerprint density at radius 2 is 1.94 bits per heavy atom. The monoisotopic (exact) mass is 241 g/mol. The van der Waals surface area contributed by atoms with Gasteiger partial charge >= 0.3 is 5.97 Å². The number of nitrogens with zero attached hydrogens (tertiary/aromatic N) is 1. The molecule has 0 saturated carbocycles. The van der Waals surface area contributed by atoms with E-state index in [4.69, 9.17) is 4.74 Å². The van der Waals surface area contributed by atoms with E-state index < -0.39 is 0 Å². The summed E-state index contributed by atoms with van der Waals surface area (Å²) in [6.07, 6.45) is 3.62. The number of hydrogen-bond acceptors (Lipinski definition) is 3. The summed E-state index contributed by atoms with van der Waals surface area (Å²) < 4.78 is 4.94. The van der Waals surface area contributed by atoms with Gasteiger partial charge in [-0.15, -0.1) is 0 Å². The van der Waals surface area contributed by atoms with Crippen LogP contribution < -0.4 is 0 Å². The Morgan fingerprint density at radius 1 is 1.29 bits per heavy atom. The Kier molecular flexibility index (Phi) is 8.78. The van der Waals surface area contributed by atoms with E-state index in [9.17, 15) is 4.79 Å². The lowest BCUT2D eigenvalue weighted by Crippen LogP contribution is -2.35. The highest BCUT2D eigenvalue weighted by molar-refractivity contribution is 5.88. The minimum absolute atomic E-state index is 0.270. The fourth-order valence-corrected chi connectivity index (χ4v) is 1.63. The maximum Gasteiger partial charge on any atom is 0.334 e. The summed E-state index contributed by atoms with van der Waals surface area (Å²) in [5.74, 6) is -0.270. The molecule has 0 bridgehead atoms. The molecule has 0 saturated heterocycles. The molecular weight excluding hydrogens is 214 g/mol. The summed E-state index contributed by atoms with van der Waals surface area (Å²) in [6.45, 7) is 14.1.